The molecule has 0 aliphatic heterocycles. The van der Waals surface area contributed by atoms with Crippen molar-refractivity contribution in [3.8, 4) is 0 Å². The van der Waals surface area contributed by atoms with Crippen LogP contribution >= 0.6 is 0 Å². The Bertz CT molecular complexity index is 577. The van der Waals surface area contributed by atoms with Crippen LogP contribution in [0.3, 0.4) is 0 Å². The van der Waals surface area contributed by atoms with Gasteiger partial charge >= 0.3 is 5.97 Å². The van der Waals surface area contributed by atoms with E-state index in [1.165, 1.54) is 0 Å². The van der Waals surface area contributed by atoms with Crippen molar-refractivity contribution in [3.63, 3.8) is 0 Å². The highest BCUT2D eigenvalue weighted by Crippen LogP contribution is 2.39. The summed E-state index contributed by atoms with van der Waals surface area (Å²) in [5, 5.41) is 13.7. The molecule has 1 N–H and O–H groups in total. The van der Waals surface area contributed by atoms with E-state index in [1.807, 2.05) is 0 Å². The Balaban J connectivity index is 2.15. The summed E-state index contributed by atoms with van der Waals surface area (Å²) in [7, 11) is -1.11. The lowest BCUT2D eigenvalue weighted by Crippen LogP contribution is -2.27. The van der Waals surface area contributed by atoms with Gasteiger partial charge in [-0.1, -0.05) is 39.9 Å². The number of hydrogen-bond donors (Lipinski definition) is 1. The van der Waals surface area contributed by atoms with Gasteiger partial charge in [-0.2, -0.15) is 5.10 Å². The van der Waals surface area contributed by atoms with E-state index >= 15 is 0 Å². The summed E-state index contributed by atoms with van der Waals surface area (Å²) in [4.78, 5) is 11.5. The van der Waals surface area contributed by atoms with Crippen molar-refractivity contribution in [2.24, 2.45) is 5.41 Å². The van der Waals surface area contributed by atoms with E-state index in [2.05, 4.69) is 38.6 Å². The number of carboxylic acid groups (broad SMARTS) is 1. The third-order valence-electron chi connectivity index (χ3n) is 5.01. The second-order valence-electron chi connectivity index (χ2n) is 8.27. The largest absolute Gasteiger partial charge is 0.476 e. The molecule has 2 rings (SSSR count). The highest BCUT2D eigenvalue weighted by molar-refractivity contribution is 6.76. The molecule has 0 spiro atoms. The molecule has 1 unspecified atom stereocenters. The van der Waals surface area contributed by atoms with Crippen LogP contribution < -0.4 is 0 Å². The summed E-state index contributed by atoms with van der Waals surface area (Å²) < 4.78 is 7.59. The number of hydrogen-bond acceptors (Lipinski definition) is 3. The Morgan fingerprint density at radius 3 is 2.70 bits per heavy atom. The number of ether oxygens (including phenoxy) is 1. The highest BCUT2D eigenvalue weighted by atomic mass is 28.3. The first kappa shape index (κ1) is 18.2. The fourth-order valence-corrected chi connectivity index (χ4v) is 3.78. The lowest BCUT2D eigenvalue weighted by Gasteiger charge is -2.33. The minimum absolute atomic E-state index is 0.215. The van der Waals surface area contributed by atoms with Crippen molar-refractivity contribution in [3.05, 3.63) is 17.0 Å². The van der Waals surface area contributed by atoms with Crippen molar-refractivity contribution in [1.29, 1.82) is 0 Å². The van der Waals surface area contributed by atoms with E-state index in [1.54, 1.807) is 4.68 Å². The standard InChI is InChI=1S/C17H30N2O3Si/c1-6-17(2)8-7-13-14(11-17)19(18-15(13)16(20)21)12-22-9-10-23(3,4)5/h6-12H2,1-5H3,(H,20,21). The number of carbonyl (C=O) groups is 1. The Hall–Kier alpha value is -1.14. The van der Waals surface area contributed by atoms with Crippen LogP contribution in [0.15, 0.2) is 0 Å². The molecule has 23 heavy (non-hydrogen) atoms. The zero-order valence-corrected chi connectivity index (χ0v) is 16.1. The predicted molar refractivity (Wildman–Crippen MR) is 93.7 cm³/mol. The average molecular weight is 339 g/mol. The second-order valence-corrected chi connectivity index (χ2v) is 13.9. The first-order valence-corrected chi connectivity index (χ1v) is 12.3. The number of aromatic carboxylic acids is 1. The quantitative estimate of drug-likeness (QED) is 0.607. The van der Waals surface area contributed by atoms with Crippen LogP contribution in [0.1, 0.15) is 48.4 Å². The Kier molecular flexibility index (Phi) is 5.36. The normalized spacial score (nSPS) is 21.3. The monoisotopic (exact) mass is 338 g/mol. The third-order valence-corrected chi connectivity index (χ3v) is 6.71. The van der Waals surface area contributed by atoms with E-state index < -0.39 is 14.0 Å². The molecule has 0 saturated carbocycles. The van der Waals surface area contributed by atoms with E-state index in [9.17, 15) is 9.90 Å². The molecular weight excluding hydrogens is 308 g/mol. The molecule has 130 valence electrons. The summed E-state index contributed by atoms with van der Waals surface area (Å²) in [6.07, 6.45) is 3.81. The molecule has 0 fully saturated rings. The van der Waals surface area contributed by atoms with Gasteiger partial charge < -0.3 is 9.84 Å². The van der Waals surface area contributed by atoms with E-state index in [4.69, 9.17) is 4.74 Å². The number of fused-ring (bicyclic) bond motifs is 1. The van der Waals surface area contributed by atoms with Gasteiger partial charge in [-0.3, -0.25) is 0 Å². The van der Waals surface area contributed by atoms with Gasteiger partial charge in [0.05, 0.1) is 0 Å². The number of aromatic nitrogens is 2. The van der Waals surface area contributed by atoms with Crippen LogP contribution in [0.5, 0.6) is 0 Å². The Labute approximate surface area is 140 Å². The Morgan fingerprint density at radius 2 is 2.13 bits per heavy atom. The van der Waals surface area contributed by atoms with Crippen molar-refractivity contribution < 1.29 is 14.6 Å². The van der Waals surface area contributed by atoms with Gasteiger partial charge in [0, 0.05) is 25.9 Å². The number of carboxylic acids is 1. The summed E-state index contributed by atoms with van der Waals surface area (Å²) >= 11 is 0. The lowest BCUT2D eigenvalue weighted by molar-refractivity contribution is 0.0667. The zero-order valence-electron chi connectivity index (χ0n) is 15.1. The minimum Gasteiger partial charge on any atom is -0.476 e. The first-order valence-electron chi connectivity index (χ1n) is 8.55. The van der Waals surface area contributed by atoms with Crippen molar-refractivity contribution in [2.45, 2.75) is 71.9 Å². The smallest absolute Gasteiger partial charge is 0.356 e. The molecule has 0 amide bonds. The summed E-state index contributed by atoms with van der Waals surface area (Å²) in [6.45, 7) is 12.5. The summed E-state index contributed by atoms with van der Waals surface area (Å²) in [5.41, 5.74) is 2.42. The fourth-order valence-electron chi connectivity index (χ4n) is 3.02. The predicted octanol–water partition coefficient (Wildman–Crippen LogP) is 3.80. The molecule has 1 atom stereocenters. The summed E-state index contributed by atoms with van der Waals surface area (Å²) in [6, 6.07) is 1.11. The highest BCUT2D eigenvalue weighted by Gasteiger charge is 2.34. The lowest BCUT2D eigenvalue weighted by atomic mass is 9.73. The molecule has 6 heteroatoms. The topological polar surface area (TPSA) is 64.3 Å². The molecule has 0 bridgehead atoms. The van der Waals surface area contributed by atoms with Crippen molar-refractivity contribution in [1.82, 2.24) is 9.78 Å². The molecule has 1 aromatic heterocycles. The number of nitrogens with zero attached hydrogens (tertiary/aromatic N) is 2. The van der Waals surface area contributed by atoms with Crippen LogP contribution in [0.4, 0.5) is 0 Å². The van der Waals surface area contributed by atoms with Crippen LogP contribution in [0, 0.1) is 5.41 Å². The van der Waals surface area contributed by atoms with Gasteiger partial charge in [0.25, 0.3) is 0 Å². The zero-order chi connectivity index (χ0) is 17.3. The van der Waals surface area contributed by atoms with E-state index in [0.717, 1.165) is 49.6 Å². The van der Waals surface area contributed by atoms with Gasteiger partial charge in [0.2, 0.25) is 0 Å². The molecule has 1 aromatic rings. The summed E-state index contributed by atoms with van der Waals surface area (Å²) in [5.74, 6) is -0.929. The molecule has 1 heterocycles. The van der Waals surface area contributed by atoms with E-state index in [-0.39, 0.29) is 11.1 Å². The van der Waals surface area contributed by atoms with Crippen LogP contribution in [0.25, 0.3) is 0 Å². The van der Waals surface area contributed by atoms with Crippen molar-refractivity contribution >= 4 is 14.0 Å². The van der Waals surface area contributed by atoms with Gasteiger partial charge in [-0.15, -0.1) is 0 Å². The molecule has 1 aliphatic rings. The Morgan fingerprint density at radius 1 is 1.43 bits per heavy atom. The molecular formula is C17H30N2O3Si. The van der Waals surface area contributed by atoms with Gasteiger partial charge in [0.1, 0.15) is 6.73 Å². The number of rotatable bonds is 7. The second kappa shape index (κ2) is 6.77. The molecule has 0 aromatic carbocycles. The maximum atomic E-state index is 11.5. The van der Waals surface area contributed by atoms with E-state index in [0.29, 0.717) is 6.73 Å². The van der Waals surface area contributed by atoms with Crippen LogP contribution in [-0.4, -0.2) is 35.5 Å². The fraction of sp³-hybridized carbons (Fsp3) is 0.765. The molecule has 0 radical (unpaired) electrons. The van der Waals surface area contributed by atoms with Crippen LogP contribution in [-0.2, 0) is 24.3 Å². The molecule has 0 saturated heterocycles. The maximum Gasteiger partial charge on any atom is 0.356 e. The maximum absolute atomic E-state index is 11.5. The molecule has 5 nitrogen and oxygen atoms in total. The average Bonchev–Trinajstić information content (AvgIpc) is 2.80. The van der Waals surface area contributed by atoms with Gasteiger partial charge in [0.15, 0.2) is 5.69 Å². The van der Waals surface area contributed by atoms with Gasteiger partial charge in [-0.25, -0.2) is 9.48 Å². The van der Waals surface area contributed by atoms with Crippen molar-refractivity contribution in [2.75, 3.05) is 6.61 Å². The SMILES string of the molecule is CCC1(C)CCc2c(C(=O)O)nn(COCC[Si](C)(C)C)c2C1. The minimum atomic E-state index is -1.11. The third kappa shape index (κ3) is 4.44. The first-order chi connectivity index (χ1) is 10.7. The van der Waals surface area contributed by atoms with Crippen LogP contribution in [0.2, 0.25) is 25.7 Å². The van der Waals surface area contributed by atoms with Gasteiger partial charge in [-0.05, 0) is 30.7 Å². The molecule has 1 aliphatic carbocycles.